The molecule has 1 heterocycles. The van der Waals surface area contributed by atoms with Gasteiger partial charge in [-0.25, -0.2) is 4.98 Å². The minimum atomic E-state index is -0.0856. The molecule has 0 aliphatic carbocycles. The van der Waals surface area contributed by atoms with Gasteiger partial charge in [0.15, 0.2) is 0 Å². The van der Waals surface area contributed by atoms with Crippen LogP contribution < -0.4 is 5.73 Å². The fourth-order valence-corrected chi connectivity index (χ4v) is 3.43. The second kappa shape index (κ2) is 9.14. The Kier molecular flexibility index (Phi) is 6.90. The first kappa shape index (κ1) is 19.6. The number of nitrogens with zero attached hydrogens (tertiary/aromatic N) is 4. The van der Waals surface area contributed by atoms with Gasteiger partial charge in [-0.2, -0.15) is 10.5 Å². The third kappa shape index (κ3) is 4.92. The van der Waals surface area contributed by atoms with E-state index in [0.717, 1.165) is 17.3 Å². The molecule has 0 radical (unpaired) electrons. The average Bonchev–Trinajstić information content (AvgIpc) is 2.66. The van der Waals surface area contributed by atoms with Crippen molar-refractivity contribution in [1.82, 2.24) is 9.88 Å². The molecule has 0 fully saturated rings. The second-order valence-corrected chi connectivity index (χ2v) is 7.23. The maximum absolute atomic E-state index is 12.4. The Balaban J connectivity index is 2.00. The molecular formula is C18H17N5OS2. The lowest BCUT2D eigenvalue weighted by Crippen LogP contribution is -2.27. The van der Waals surface area contributed by atoms with Crippen LogP contribution in [0.15, 0.2) is 40.3 Å². The number of amides is 1. The van der Waals surface area contributed by atoms with Crippen LogP contribution in [-0.4, -0.2) is 34.8 Å². The number of hydrogen-bond acceptors (Lipinski definition) is 7. The fraction of sp³-hybridized carbons (Fsp3) is 0.222. The van der Waals surface area contributed by atoms with Crippen LogP contribution >= 0.6 is 23.5 Å². The van der Waals surface area contributed by atoms with E-state index in [9.17, 15) is 10.1 Å². The molecule has 8 heteroatoms. The lowest BCUT2D eigenvalue weighted by Gasteiger charge is -2.17. The normalized spacial score (nSPS) is 10.0. The van der Waals surface area contributed by atoms with Crippen LogP contribution in [-0.2, 0) is 11.3 Å². The Bertz CT molecular complexity index is 884. The number of nitrogens with two attached hydrogens (primary N) is 1. The summed E-state index contributed by atoms with van der Waals surface area (Å²) in [5.74, 6) is 0.105. The summed E-state index contributed by atoms with van der Waals surface area (Å²) in [7, 11) is 1.73. The van der Waals surface area contributed by atoms with Crippen LogP contribution in [0.5, 0.6) is 0 Å². The SMILES string of the molecule is CSc1ccc(CN(C)C(=O)CSc2nc(N)c(C#N)cc2C#N)cc1. The molecule has 2 rings (SSSR count). The monoisotopic (exact) mass is 383 g/mol. The molecule has 0 aliphatic rings. The van der Waals surface area contributed by atoms with E-state index in [1.54, 1.807) is 23.7 Å². The van der Waals surface area contributed by atoms with Crippen molar-refractivity contribution >= 4 is 35.2 Å². The summed E-state index contributed by atoms with van der Waals surface area (Å²) in [6.07, 6.45) is 2.02. The van der Waals surface area contributed by atoms with Crippen molar-refractivity contribution in [2.45, 2.75) is 16.5 Å². The zero-order valence-electron chi connectivity index (χ0n) is 14.4. The molecule has 1 amide bonds. The summed E-state index contributed by atoms with van der Waals surface area (Å²) in [5.41, 5.74) is 7.13. The Morgan fingerprint density at radius 3 is 2.46 bits per heavy atom. The molecule has 26 heavy (non-hydrogen) atoms. The maximum atomic E-state index is 12.4. The van der Waals surface area contributed by atoms with E-state index in [-0.39, 0.29) is 28.6 Å². The predicted molar refractivity (Wildman–Crippen MR) is 104 cm³/mol. The fourth-order valence-electron chi connectivity index (χ4n) is 2.12. The third-order valence-corrected chi connectivity index (χ3v) is 5.31. The van der Waals surface area contributed by atoms with E-state index in [1.165, 1.54) is 11.0 Å². The van der Waals surface area contributed by atoms with Gasteiger partial charge in [-0.3, -0.25) is 4.79 Å². The van der Waals surface area contributed by atoms with Gasteiger partial charge in [0.2, 0.25) is 5.91 Å². The van der Waals surface area contributed by atoms with Gasteiger partial charge < -0.3 is 10.6 Å². The molecule has 6 nitrogen and oxygen atoms in total. The molecule has 132 valence electrons. The van der Waals surface area contributed by atoms with Crippen molar-refractivity contribution in [2.75, 3.05) is 24.8 Å². The topological polar surface area (TPSA) is 107 Å². The van der Waals surface area contributed by atoms with E-state index < -0.39 is 0 Å². The predicted octanol–water partition coefficient (Wildman–Crippen LogP) is 2.88. The van der Waals surface area contributed by atoms with Crippen LogP contribution in [0.4, 0.5) is 5.82 Å². The summed E-state index contributed by atoms with van der Waals surface area (Å²) in [6.45, 7) is 0.502. The second-order valence-electron chi connectivity index (χ2n) is 5.38. The lowest BCUT2D eigenvalue weighted by molar-refractivity contribution is -0.127. The first-order valence-corrected chi connectivity index (χ1v) is 9.80. The van der Waals surface area contributed by atoms with Crippen molar-refractivity contribution < 1.29 is 4.79 Å². The Labute approximate surface area is 161 Å². The van der Waals surface area contributed by atoms with Gasteiger partial charge in [0.25, 0.3) is 0 Å². The van der Waals surface area contributed by atoms with Crippen LogP contribution in [0.25, 0.3) is 0 Å². The number of nitrogen functional groups attached to an aromatic ring is 1. The quantitative estimate of drug-likeness (QED) is 0.764. The van der Waals surface area contributed by atoms with E-state index in [1.807, 2.05) is 42.7 Å². The van der Waals surface area contributed by atoms with Crippen molar-refractivity contribution in [3.63, 3.8) is 0 Å². The molecule has 2 aromatic rings. The number of carbonyl (C=O) groups is 1. The molecule has 1 aromatic carbocycles. The maximum Gasteiger partial charge on any atom is 0.233 e. The minimum Gasteiger partial charge on any atom is -0.383 e. The van der Waals surface area contributed by atoms with Crippen LogP contribution in [0.2, 0.25) is 0 Å². The molecule has 0 atom stereocenters. The Hall–Kier alpha value is -2.68. The molecule has 0 saturated carbocycles. The van der Waals surface area contributed by atoms with Crippen molar-refractivity contribution in [1.29, 1.82) is 10.5 Å². The Morgan fingerprint density at radius 2 is 1.88 bits per heavy atom. The van der Waals surface area contributed by atoms with Crippen molar-refractivity contribution in [3.05, 3.63) is 47.0 Å². The zero-order chi connectivity index (χ0) is 19.1. The van der Waals surface area contributed by atoms with E-state index in [0.29, 0.717) is 11.6 Å². The smallest absolute Gasteiger partial charge is 0.233 e. The highest BCUT2D eigenvalue weighted by Crippen LogP contribution is 2.24. The molecule has 0 bridgehead atoms. The average molecular weight is 384 g/mol. The number of hydrogen-bond donors (Lipinski definition) is 1. The largest absolute Gasteiger partial charge is 0.383 e. The number of anilines is 1. The number of pyridine rings is 1. The van der Waals surface area contributed by atoms with Gasteiger partial charge in [0, 0.05) is 18.5 Å². The third-order valence-electron chi connectivity index (χ3n) is 3.59. The number of benzene rings is 1. The molecule has 1 aromatic heterocycles. The van der Waals surface area contributed by atoms with Crippen molar-refractivity contribution in [2.24, 2.45) is 0 Å². The zero-order valence-corrected chi connectivity index (χ0v) is 16.0. The summed E-state index contributed by atoms with van der Waals surface area (Å²) in [4.78, 5) is 19.2. The molecule has 0 aliphatic heterocycles. The molecular weight excluding hydrogens is 366 g/mol. The summed E-state index contributed by atoms with van der Waals surface area (Å²) < 4.78 is 0. The van der Waals surface area contributed by atoms with Gasteiger partial charge in [-0.15, -0.1) is 11.8 Å². The lowest BCUT2D eigenvalue weighted by atomic mass is 10.2. The van der Waals surface area contributed by atoms with Crippen molar-refractivity contribution in [3.8, 4) is 12.1 Å². The highest BCUT2D eigenvalue weighted by atomic mass is 32.2. The van der Waals surface area contributed by atoms with Gasteiger partial charge >= 0.3 is 0 Å². The number of aromatic nitrogens is 1. The van der Waals surface area contributed by atoms with E-state index in [2.05, 4.69) is 4.98 Å². The van der Waals surface area contributed by atoms with Crippen LogP contribution in [0.3, 0.4) is 0 Å². The number of thioether (sulfide) groups is 2. The summed E-state index contributed by atoms with van der Waals surface area (Å²) >= 11 is 2.81. The molecule has 0 unspecified atom stereocenters. The number of nitriles is 2. The highest BCUT2D eigenvalue weighted by molar-refractivity contribution is 8.00. The Morgan fingerprint density at radius 1 is 1.23 bits per heavy atom. The molecule has 0 saturated heterocycles. The van der Waals surface area contributed by atoms with E-state index in [4.69, 9.17) is 11.0 Å². The number of rotatable bonds is 6. The molecule has 0 spiro atoms. The van der Waals surface area contributed by atoms with Gasteiger partial charge in [0.1, 0.15) is 23.0 Å². The summed E-state index contributed by atoms with van der Waals surface area (Å²) in [6, 6.07) is 13.3. The summed E-state index contributed by atoms with van der Waals surface area (Å²) in [5, 5.41) is 18.5. The first-order chi connectivity index (χ1) is 12.5. The van der Waals surface area contributed by atoms with Gasteiger partial charge in [-0.1, -0.05) is 23.9 Å². The van der Waals surface area contributed by atoms with Gasteiger partial charge in [-0.05, 0) is 30.0 Å². The van der Waals surface area contributed by atoms with Crippen LogP contribution in [0.1, 0.15) is 16.7 Å². The van der Waals surface area contributed by atoms with E-state index >= 15 is 0 Å². The molecule has 2 N–H and O–H groups in total. The number of carbonyl (C=O) groups excluding carboxylic acids is 1. The minimum absolute atomic E-state index is 0.0590. The van der Waals surface area contributed by atoms with Crippen LogP contribution in [0, 0.1) is 22.7 Å². The first-order valence-electron chi connectivity index (χ1n) is 7.59. The van der Waals surface area contributed by atoms with Gasteiger partial charge in [0.05, 0.1) is 16.9 Å². The standard InChI is InChI=1S/C18H17N5OS2/c1-23(10-12-3-5-15(25-2)6-4-12)16(24)11-26-18-14(9-20)7-13(8-19)17(21)22-18/h3-7H,10-11H2,1-2H3,(H2,21,22). The highest BCUT2D eigenvalue weighted by Gasteiger charge is 2.14.